The summed E-state index contributed by atoms with van der Waals surface area (Å²) in [6.45, 7) is 0.735. The molecule has 0 aliphatic heterocycles. The molecule has 4 heteroatoms. The van der Waals surface area contributed by atoms with Crippen LogP contribution >= 0.6 is 0 Å². The van der Waals surface area contributed by atoms with Gasteiger partial charge in [0, 0.05) is 0 Å². The lowest BCUT2D eigenvalue weighted by Gasteiger charge is -2.16. The molecule has 118 valence electrons. The van der Waals surface area contributed by atoms with Crippen LogP contribution in [0.25, 0.3) is 0 Å². The van der Waals surface area contributed by atoms with Gasteiger partial charge < -0.3 is 9.47 Å². The summed E-state index contributed by atoms with van der Waals surface area (Å²) in [5.41, 5.74) is 0.555. The van der Waals surface area contributed by atoms with E-state index >= 15 is 0 Å². The van der Waals surface area contributed by atoms with Crippen molar-refractivity contribution in [2.45, 2.75) is 32.1 Å². The largest absolute Gasteiger partial charge is 0.465 e. The maximum absolute atomic E-state index is 11.8. The van der Waals surface area contributed by atoms with E-state index in [1.54, 1.807) is 24.3 Å². The Balaban J connectivity index is 1.53. The highest BCUT2D eigenvalue weighted by Gasteiger charge is 2.19. The van der Waals surface area contributed by atoms with Gasteiger partial charge in [-0.1, -0.05) is 30.4 Å². The van der Waals surface area contributed by atoms with E-state index in [-0.39, 0.29) is 17.9 Å². The molecule has 1 atom stereocenters. The molecule has 1 aliphatic rings. The number of carbonyl (C=O) groups excluding carboxylic acids is 2. The predicted molar refractivity (Wildman–Crippen MR) is 83.4 cm³/mol. The molecule has 0 heterocycles. The summed E-state index contributed by atoms with van der Waals surface area (Å²) in [7, 11) is 0. The summed E-state index contributed by atoms with van der Waals surface area (Å²) in [4.78, 5) is 23.5. The van der Waals surface area contributed by atoms with Crippen molar-refractivity contribution in [3.8, 4) is 0 Å². The molecule has 1 aromatic carbocycles. The first-order chi connectivity index (χ1) is 10.8. The van der Waals surface area contributed by atoms with Crippen LogP contribution < -0.4 is 0 Å². The van der Waals surface area contributed by atoms with Crippen LogP contribution in [0.15, 0.2) is 42.5 Å². The van der Waals surface area contributed by atoms with Crippen molar-refractivity contribution in [2.24, 2.45) is 5.92 Å². The Kier molecular flexibility index (Phi) is 6.68. The average Bonchev–Trinajstić information content (AvgIpc) is 2.59. The van der Waals surface area contributed by atoms with Crippen molar-refractivity contribution in [3.63, 3.8) is 0 Å². The van der Waals surface area contributed by atoms with Gasteiger partial charge in [0.2, 0.25) is 0 Å². The fourth-order valence-electron chi connectivity index (χ4n) is 2.32. The van der Waals surface area contributed by atoms with E-state index in [2.05, 4.69) is 6.08 Å². The smallest absolute Gasteiger partial charge is 0.338 e. The highest BCUT2D eigenvalue weighted by atomic mass is 16.5. The van der Waals surface area contributed by atoms with Gasteiger partial charge in [-0.2, -0.15) is 0 Å². The lowest BCUT2D eigenvalue weighted by atomic mass is 9.95. The monoisotopic (exact) mass is 302 g/mol. The minimum Gasteiger partial charge on any atom is -0.465 e. The van der Waals surface area contributed by atoms with E-state index < -0.39 is 0 Å². The van der Waals surface area contributed by atoms with Gasteiger partial charge in [-0.15, -0.1) is 0 Å². The second-order valence-electron chi connectivity index (χ2n) is 5.36. The van der Waals surface area contributed by atoms with Crippen LogP contribution in [0.1, 0.15) is 42.5 Å². The van der Waals surface area contributed by atoms with Crippen LogP contribution in [0.4, 0.5) is 0 Å². The van der Waals surface area contributed by atoms with E-state index in [9.17, 15) is 9.59 Å². The minimum atomic E-state index is -0.313. The number of hydrogen-bond acceptors (Lipinski definition) is 4. The third-order valence-electron chi connectivity index (χ3n) is 3.63. The molecule has 22 heavy (non-hydrogen) atoms. The van der Waals surface area contributed by atoms with Crippen LogP contribution in [0.2, 0.25) is 0 Å². The maximum Gasteiger partial charge on any atom is 0.338 e. The van der Waals surface area contributed by atoms with Crippen molar-refractivity contribution in [3.05, 3.63) is 48.0 Å². The number of ether oxygens (including phenoxy) is 2. The zero-order valence-corrected chi connectivity index (χ0v) is 12.7. The van der Waals surface area contributed by atoms with Gasteiger partial charge in [0.25, 0.3) is 0 Å². The van der Waals surface area contributed by atoms with Gasteiger partial charge in [0.15, 0.2) is 0 Å². The molecule has 1 aromatic rings. The van der Waals surface area contributed by atoms with Crippen molar-refractivity contribution in [2.75, 3.05) is 13.2 Å². The van der Waals surface area contributed by atoms with Crippen LogP contribution in [-0.2, 0) is 14.3 Å². The van der Waals surface area contributed by atoms with Gasteiger partial charge in [-0.05, 0) is 44.2 Å². The SMILES string of the molecule is O=C(OCCCCOC(=O)[C@@H]1CC=CCC1)c1ccccc1. The van der Waals surface area contributed by atoms with Gasteiger partial charge >= 0.3 is 11.9 Å². The quantitative estimate of drug-likeness (QED) is 0.439. The number of rotatable bonds is 7. The molecule has 0 radical (unpaired) electrons. The Hall–Kier alpha value is -2.10. The standard InChI is InChI=1S/C18H22O4/c19-17(15-9-3-1-4-10-15)21-13-7-8-14-22-18(20)16-11-5-2-6-12-16/h1-5,9-10,16H,6-8,11-14H2/t16-/m1/s1. The van der Waals surface area contributed by atoms with E-state index in [1.165, 1.54) is 0 Å². The summed E-state index contributed by atoms with van der Waals surface area (Å²) in [6, 6.07) is 8.91. The summed E-state index contributed by atoms with van der Waals surface area (Å²) >= 11 is 0. The normalized spacial score (nSPS) is 17.0. The molecule has 1 aliphatic carbocycles. The van der Waals surface area contributed by atoms with Crippen molar-refractivity contribution in [1.29, 1.82) is 0 Å². The number of allylic oxidation sites excluding steroid dienone is 2. The second-order valence-corrected chi connectivity index (χ2v) is 5.36. The Morgan fingerprint density at radius 3 is 2.41 bits per heavy atom. The highest BCUT2D eigenvalue weighted by molar-refractivity contribution is 5.89. The molecule has 0 spiro atoms. The summed E-state index contributed by atoms with van der Waals surface area (Å²) in [5.74, 6) is -0.405. The summed E-state index contributed by atoms with van der Waals surface area (Å²) in [6.07, 6.45) is 8.16. The first-order valence-corrected chi connectivity index (χ1v) is 7.81. The molecule has 0 bridgehead atoms. The van der Waals surface area contributed by atoms with Gasteiger partial charge in [-0.3, -0.25) is 4.79 Å². The zero-order valence-electron chi connectivity index (χ0n) is 12.7. The Morgan fingerprint density at radius 1 is 1.00 bits per heavy atom. The predicted octanol–water partition coefficient (Wildman–Crippen LogP) is 3.52. The lowest BCUT2D eigenvalue weighted by Crippen LogP contribution is -2.19. The first-order valence-electron chi connectivity index (χ1n) is 7.81. The minimum absolute atomic E-state index is 0.0147. The molecule has 0 aromatic heterocycles. The number of hydrogen-bond donors (Lipinski definition) is 0. The Bertz CT molecular complexity index is 507. The van der Waals surface area contributed by atoms with E-state index in [0.29, 0.717) is 31.6 Å². The Morgan fingerprint density at radius 2 is 1.73 bits per heavy atom. The fraction of sp³-hybridized carbons (Fsp3) is 0.444. The third kappa shape index (κ3) is 5.35. The van der Waals surface area contributed by atoms with Crippen LogP contribution in [0.3, 0.4) is 0 Å². The molecule has 0 unspecified atom stereocenters. The van der Waals surface area contributed by atoms with E-state index in [1.807, 2.05) is 12.1 Å². The first kappa shape index (κ1) is 16.3. The maximum atomic E-state index is 11.8. The van der Waals surface area contributed by atoms with Crippen LogP contribution in [0.5, 0.6) is 0 Å². The van der Waals surface area contributed by atoms with Crippen molar-refractivity contribution in [1.82, 2.24) is 0 Å². The van der Waals surface area contributed by atoms with Gasteiger partial charge in [0.1, 0.15) is 0 Å². The molecule has 0 saturated carbocycles. The second kappa shape index (κ2) is 9.03. The van der Waals surface area contributed by atoms with E-state index in [4.69, 9.17) is 9.47 Å². The lowest BCUT2D eigenvalue weighted by molar-refractivity contribution is -0.149. The van der Waals surface area contributed by atoms with Crippen LogP contribution in [-0.4, -0.2) is 25.2 Å². The fourth-order valence-corrected chi connectivity index (χ4v) is 2.32. The van der Waals surface area contributed by atoms with E-state index in [0.717, 1.165) is 19.3 Å². The number of esters is 2. The average molecular weight is 302 g/mol. The number of carbonyl (C=O) groups is 2. The molecular formula is C18H22O4. The van der Waals surface area contributed by atoms with Gasteiger partial charge in [-0.25, -0.2) is 4.79 Å². The molecule has 0 fully saturated rings. The summed E-state index contributed by atoms with van der Waals surface area (Å²) < 4.78 is 10.4. The van der Waals surface area contributed by atoms with Gasteiger partial charge in [0.05, 0.1) is 24.7 Å². The molecule has 0 N–H and O–H groups in total. The molecular weight excluding hydrogens is 280 g/mol. The highest BCUT2D eigenvalue weighted by Crippen LogP contribution is 2.19. The molecule has 2 rings (SSSR count). The summed E-state index contributed by atoms with van der Waals surface area (Å²) in [5, 5.41) is 0. The Labute approximate surface area is 131 Å². The van der Waals surface area contributed by atoms with Crippen molar-refractivity contribution < 1.29 is 19.1 Å². The van der Waals surface area contributed by atoms with Crippen molar-refractivity contribution >= 4 is 11.9 Å². The molecule has 0 saturated heterocycles. The number of benzene rings is 1. The topological polar surface area (TPSA) is 52.6 Å². The van der Waals surface area contributed by atoms with Crippen LogP contribution in [0, 0.1) is 5.92 Å². The third-order valence-corrected chi connectivity index (χ3v) is 3.63. The number of unbranched alkanes of at least 4 members (excludes halogenated alkanes) is 1. The molecule has 0 amide bonds. The molecule has 4 nitrogen and oxygen atoms in total. The zero-order chi connectivity index (χ0) is 15.6.